The third kappa shape index (κ3) is 6.40. The van der Waals surface area contributed by atoms with Crippen molar-refractivity contribution in [3.05, 3.63) is 70.8 Å². The lowest BCUT2D eigenvalue weighted by Gasteiger charge is -2.21. The number of hydrogen-bond acceptors (Lipinski definition) is 5. The smallest absolute Gasteiger partial charge is 0.250 e. The summed E-state index contributed by atoms with van der Waals surface area (Å²) < 4.78 is 33.9. The molecule has 0 aliphatic heterocycles. The number of pyridine rings is 2. The van der Waals surface area contributed by atoms with E-state index in [2.05, 4.69) is 4.98 Å². The fraction of sp³-hybridized carbons (Fsp3) is 0.417. The van der Waals surface area contributed by atoms with Crippen LogP contribution in [0, 0.1) is 0 Å². The Morgan fingerprint density at radius 3 is 2.66 bits per heavy atom. The molecular formula is C24H31N3O4S. The summed E-state index contributed by atoms with van der Waals surface area (Å²) in [6, 6.07) is 12.9. The quantitative estimate of drug-likeness (QED) is 0.390. The Labute approximate surface area is 189 Å². The lowest BCUT2D eigenvalue weighted by Crippen LogP contribution is -2.35. The van der Waals surface area contributed by atoms with Crippen molar-refractivity contribution in [2.75, 3.05) is 25.4 Å². The molecule has 3 rings (SSSR count). The van der Waals surface area contributed by atoms with Gasteiger partial charge in [0, 0.05) is 44.0 Å². The molecule has 0 aliphatic carbocycles. The predicted molar refractivity (Wildman–Crippen MR) is 128 cm³/mol. The Kier molecular flexibility index (Phi) is 8.41. The molecule has 0 radical (unpaired) electrons. The number of sulfonamides is 1. The average molecular weight is 458 g/mol. The first-order chi connectivity index (χ1) is 15.4. The minimum Gasteiger partial charge on any atom is -0.494 e. The molecule has 8 heteroatoms. The first-order valence-electron chi connectivity index (χ1n) is 11.0. The van der Waals surface area contributed by atoms with Gasteiger partial charge < -0.3 is 9.30 Å². The van der Waals surface area contributed by atoms with Crippen molar-refractivity contribution < 1.29 is 13.2 Å². The van der Waals surface area contributed by atoms with E-state index < -0.39 is 10.0 Å². The molecule has 0 atom stereocenters. The number of fused-ring (bicyclic) bond motifs is 1. The lowest BCUT2D eigenvalue weighted by molar-refractivity contribution is 0.301. The van der Waals surface area contributed by atoms with Crippen LogP contribution >= 0.6 is 0 Å². The number of rotatable bonds is 12. The van der Waals surface area contributed by atoms with Crippen LogP contribution in [0.2, 0.25) is 0 Å². The maximum Gasteiger partial charge on any atom is 0.250 e. The number of nitrogens with zero attached hydrogens (tertiary/aromatic N) is 3. The van der Waals surface area contributed by atoms with Crippen molar-refractivity contribution in [1.29, 1.82) is 0 Å². The van der Waals surface area contributed by atoms with Gasteiger partial charge in [-0.2, -0.15) is 0 Å². The topological polar surface area (TPSA) is 81.5 Å². The molecule has 172 valence electrons. The summed E-state index contributed by atoms with van der Waals surface area (Å²) in [5.74, 6) is 0.874. The van der Waals surface area contributed by atoms with Gasteiger partial charge in [-0.05, 0) is 68.5 Å². The first kappa shape index (κ1) is 23.9. The summed E-state index contributed by atoms with van der Waals surface area (Å²) in [5, 5.41) is 0.957. The third-order valence-electron chi connectivity index (χ3n) is 5.55. The highest BCUT2D eigenvalue weighted by molar-refractivity contribution is 7.89. The Morgan fingerprint density at radius 2 is 1.91 bits per heavy atom. The minimum atomic E-state index is -3.24. The zero-order valence-electron chi connectivity index (χ0n) is 18.7. The van der Waals surface area contributed by atoms with Crippen LogP contribution in [-0.2, 0) is 23.5 Å². The van der Waals surface area contributed by atoms with Gasteiger partial charge in [-0.25, -0.2) is 12.7 Å². The Balaban J connectivity index is 1.45. The van der Waals surface area contributed by atoms with Gasteiger partial charge in [-0.3, -0.25) is 9.78 Å². The van der Waals surface area contributed by atoms with E-state index in [1.807, 2.05) is 30.3 Å². The van der Waals surface area contributed by atoms with Gasteiger partial charge >= 0.3 is 0 Å². The Morgan fingerprint density at radius 1 is 1.06 bits per heavy atom. The van der Waals surface area contributed by atoms with Gasteiger partial charge in [-0.15, -0.1) is 0 Å². The van der Waals surface area contributed by atoms with E-state index in [-0.39, 0.29) is 11.3 Å². The third-order valence-corrected chi connectivity index (χ3v) is 7.43. The Bertz CT molecular complexity index is 1180. The molecule has 0 saturated carbocycles. The van der Waals surface area contributed by atoms with Gasteiger partial charge in [-0.1, -0.05) is 6.07 Å². The zero-order valence-corrected chi connectivity index (χ0v) is 19.6. The fourth-order valence-electron chi connectivity index (χ4n) is 3.58. The molecule has 0 unspecified atom stereocenters. The van der Waals surface area contributed by atoms with E-state index in [1.54, 1.807) is 47.4 Å². The highest BCUT2D eigenvalue weighted by atomic mass is 32.2. The lowest BCUT2D eigenvalue weighted by atomic mass is 10.2. The monoisotopic (exact) mass is 457 g/mol. The van der Waals surface area contributed by atoms with Gasteiger partial charge in [0.05, 0.1) is 17.9 Å². The van der Waals surface area contributed by atoms with Crippen molar-refractivity contribution >= 4 is 20.9 Å². The molecule has 0 aliphatic rings. The molecule has 2 aromatic heterocycles. The van der Waals surface area contributed by atoms with Crippen molar-refractivity contribution in [1.82, 2.24) is 13.9 Å². The van der Waals surface area contributed by atoms with Gasteiger partial charge in [0.15, 0.2) is 0 Å². The molecule has 7 nitrogen and oxygen atoms in total. The van der Waals surface area contributed by atoms with Crippen molar-refractivity contribution in [2.24, 2.45) is 7.05 Å². The molecule has 0 amide bonds. The van der Waals surface area contributed by atoms with E-state index in [4.69, 9.17) is 4.74 Å². The molecule has 2 heterocycles. The second-order valence-corrected chi connectivity index (χ2v) is 10.0. The van der Waals surface area contributed by atoms with Gasteiger partial charge in [0.25, 0.3) is 5.56 Å². The molecule has 0 saturated heterocycles. The average Bonchev–Trinajstić information content (AvgIpc) is 2.81. The molecule has 0 N–H and O–H groups in total. The standard InChI is InChI=1S/C24H31N3O4S/c1-3-32(29,30)27(16-13-20-8-7-14-25-19-20)15-5-4-6-17-31-22-10-11-23-21(18-22)9-12-24(28)26(23)2/h7-12,14,18-19H,3-6,13,15-17H2,1-2H3. The van der Waals surface area contributed by atoms with Crippen LogP contribution in [0.5, 0.6) is 5.75 Å². The number of hydrogen-bond donors (Lipinski definition) is 0. The number of aromatic nitrogens is 2. The van der Waals surface area contributed by atoms with E-state index in [0.29, 0.717) is 26.1 Å². The van der Waals surface area contributed by atoms with Crippen LogP contribution in [-0.4, -0.2) is 47.7 Å². The van der Waals surface area contributed by atoms with E-state index in [9.17, 15) is 13.2 Å². The molecule has 0 bridgehead atoms. The minimum absolute atomic E-state index is 0.0364. The Hall–Kier alpha value is -2.71. The number of aryl methyl sites for hydroxylation is 1. The van der Waals surface area contributed by atoms with E-state index in [1.165, 1.54) is 0 Å². The molecule has 3 aromatic rings. The molecule has 0 fully saturated rings. The highest BCUT2D eigenvalue weighted by Gasteiger charge is 2.19. The largest absolute Gasteiger partial charge is 0.494 e. The van der Waals surface area contributed by atoms with Crippen LogP contribution in [0.1, 0.15) is 31.7 Å². The van der Waals surface area contributed by atoms with Crippen molar-refractivity contribution in [2.45, 2.75) is 32.6 Å². The summed E-state index contributed by atoms with van der Waals surface area (Å²) in [5.41, 5.74) is 1.87. The van der Waals surface area contributed by atoms with E-state index >= 15 is 0 Å². The van der Waals surface area contributed by atoms with Crippen molar-refractivity contribution in [3.63, 3.8) is 0 Å². The second-order valence-electron chi connectivity index (χ2n) is 7.77. The molecule has 1 aromatic carbocycles. The summed E-state index contributed by atoms with van der Waals surface area (Å²) in [6.07, 6.45) is 6.66. The summed E-state index contributed by atoms with van der Waals surface area (Å²) in [6.45, 7) is 3.23. The fourth-order valence-corrected chi connectivity index (χ4v) is 4.72. The van der Waals surface area contributed by atoms with Crippen LogP contribution < -0.4 is 10.3 Å². The highest BCUT2D eigenvalue weighted by Crippen LogP contribution is 2.19. The maximum atomic E-state index is 12.4. The number of ether oxygens (including phenoxy) is 1. The number of unbranched alkanes of at least 4 members (excludes halogenated alkanes) is 2. The maximum absolute atomic E-state index is 12.4. The normalized spacial score (nSPS) is 11.8. The predicted octanol–water partition coefficient (Wildman–Crippen LogP) is 3.38. The van der Waals surface area contributed by atoms with Crippen LogP contribution in [0.3, 0.4) is 0 Å². The van der Waals surface area contributed by atoms with Gasteiger partial charge in [0.2, 0.25) is 10.0 Å². The molecule has 0 spiro atoms. The van der Waals surface area contributed by atoms with E-state index in [0.717, 1.165) is 41.5 Å². The van der Waals surface area contributed by atoms with Gasteiger partial charge in [0.1, 0.15) is 5.75 Å². The number of benzene rings is 1. The first-order valence-corrected chi connectivity index (χ1v) is 12.6. The van der Waals surface area contributed by atoms with Crippen molar-refractivity contribution in [3.8, 4) is 5.75 Å². The molecule has 32 heavy (non-hydrogen) atoms. The van der Waals surface area contributed by atoms with Crippen LogP contribution in [0.4, 0.5) is 0 Å². The van der Waals surface area contributed by atoms with Crippen LogP contribution in [0.25, 0.3) is 10.9 Å². The zero-order chi connectivity index (χ0) is 23.0. The summed E-state index contributed by atoms with van der Waals surface area (Å²) in [7, 11) is -1.48. The molecular weight excluding hydrogens is 426 g/mol. The SMILES string of the molecule is CCS(=O)(=O)N(CCCCCOc1ccc2c(ccc(=O)n2C)c1)CCc1cccnc1. The second kappa shape index (κ2) is 11.2. The summed E-state index contributed by atoms with van der Waals surface area (Å²) in [4.78, 5) is 15.8. The summed E-state index contributed by atoms with van der Waals surface area (Å²) >= 11 is 0. The van der Waals surface area contributed by atoms with Crippen LogP contribution in [0.15, 0.2) is 59.7 Å².